The molecule has 0 amide bonds. The summed E-state index contributed by atoms with van der Waals surface area (Å²) in [6.07, 6.45) is 2.19. The number of carboxylic acid groups (broad SMARTS) is 1. The number of rotatable bonds is 3. The van der Waals surface area contributed by atoms with Gasteiger partial charge in [-0.2, -0.15) is 0 Å². The van der Waals surface area contributed by atoms with Crippen LogP contribution in [0.3, 0.4) is 0 Å². The van der Waals surface area contributed by atoms with Gasteiger partial charge in [-0.15, -0.1) is 0 Å². The molecule has 0 saturated carbocycles. The summed E-state index contributed by atoms with van der Waals surface area (Å²) in [5.74, 6) is -0.664. The van der Waals surface area contributed by atoms with Crippen LogP contribution in [0.25, 0.3) is 10.9 Å². The van der Waals surface area contributed by atoms with E-state index in [4.69, 9.17) is 5.11 Å². The van der Waals surface area contributed by atoms with Crippen LogP contribution in [-0.2, 0) is 0 Å². The lowest BCUT2D eigenvalue weighted by atomic mass is 10.1. The number of likely N-dealkylation sites (N-methyl/N-ethyl adjacent to an activating group) is 1. The largest absolute Gasteiger partial charge is 0.475 e. The molecule has 0 aliphatic carbocycles. The molecule has 1 aromatic heterocycles. The van der Waals surface area contributed by atoms with Gasteiger partial charge in [0.25, 0.3) is 0 Å². The number of nitrogens with one attached hydrogen (secondary N) is 1. The molecule has 6 nitrogen and oxygen atoms in total. The standard InChI is InChI=1S/C15H18N4O2/c1-19-8-4-5-10(9-19)16-13-11-6-2-3-7-12(11)17-14(18-13)15(20)21/h2-3,6-7,10H,4-5,8-9H2,1H3,(H,20,21)(H,16,17,18). The Hall–Kier alpha value is -2.21. The smallest absolute Gasteiger partial charge is 0.374 e. The van der Waals surface area contributed by atoms with Gasteiger partial charge in [-0.05, 0) is 38.6 Å². The number of hydrogen-bond acceptors (Lipinski definition) is 5. The first-order valence-electron chi connectivity index (χ1n) is 7.08. The van der Waals surface area contributed by atoms with Crippen LogP contribution in [0.1, 0.15) is 23.5 Å². The molecule has 2 N–H and O–H groups in total. The third-order valence-electron chi connectivity index (χ3n) is 3.76. The molecule has 1 unspecified atom stereocenters. The van der Waals surface area contributed by atoms with Crippen molar-refractivity contribution in [2.75, 3.05) is 25.5 Å². The van der Waals surface area contributed by atoms with E-state index in [0.717, 1.165) is 31.3 Å². The first-order valence-corrected chi connectivity index (χ1v) is 7.08. The van der Waals surface area contributed by atoms with Crippen LogP contribution in [0.4, 0.5) is 5.82 Å². The Morgan fingerprint density at radius 3 is 2.95 bits per heavy atom. The maximum atomic E-state index is 11.2. The summed E-state index contributed by atoms with van der Waals surface area (Å²) in [6.45, 7) is 2.03. The minimum absolute atomic E-state index is 0.166. The van der Waals surface area contributed by atoms with Crippen molar-refractivity contribution < 1.29 is 9.90 Å². The van der Waals surface area contributed by atoms with Crippen LogP contribution in [0.2, 0.25) is 0 Å². The predicted molar refractivity (Wildman–Crippen MR) is 80.6 cm³/mol. The molecule has 0 bridgehead atoms. The van der Waals surface area contributed by atoms with Crippen LogP contribution in [0.15, 0.2) is 24.3 Å². The highest BCUT2D eigenvalue weighted by Crippen LogP contribution is 2.22. The Morgan fingerprint density at radius 1 is 1.38 bits per heavy atom. The molecule has 2 heterocycles. The highest BCUT2D eigenvalue weighted by atomic mass is 16.4. The molecule has 1 aromatic carbocycles. The normalized spacial score (nSPS) is 19.6. The maximum absolute atomic E-state index is 11.2. The van der Waals surface area contributed by atoms with E-state index >= 15 is 0 Å². The van der Waals surface area contributed by atoms with Crippen molar-refractivity contribution in [1.82, 2.24) is 14.9 Å². The topological polar surface area (TPSA) is 78.4 Å². The summed E-state index contributed by atoms with van der Waals surface area (Å²) < 4.78 is 0. The van der Waals surface area contributed by atoms with E-state index in [9.17, 15) is 4.79 Å². The molecule has 1 aliphatic rings. The number of carbonyl (C=O) groups is 1. The van der Waals surface area contributed by atoms with E-state index in [2.05, 4.69) is 27.2 Å². The van der Waals surface area contributed by atoms with Gasteiger partial charge in [0.1, 0.15) is 5.82 Å². The number of anilines is 1. The Kier molecular flexibility index (Phi) is 3.70. The van der Waals surface area contributed by atoms with Crippen LogP contribution in [0, 0.1) is 0 Å². The fraction of sp³-hybridized carbons (Fsp3) is 0.400. The number of fused-ring (bicyclic) bond motifs is 1. The van der Waals surface area contributed by atoms with Gasteiger partial charge in [-0.3, -0.25) is 0 Å². The number of piperidine rings is 1. The van der Waals surface area contributed by atoms with Crippen molar-refractivity contribution in [3.05, 3.63) is 30.1 Å². The average Bonchev–Trinajstić information content (AvgIpc) is 2.47. The van der Waals surface area contributed by atoms with Gasteiger partial charge in [-0.1, -0.05) is 12.1 Å². The lowest BCUT2D eigenvalue weighted by molar-refractivity contribution is 0.0684. The van der Waals surface area contributed by atoms with E-state index in [1.54, 1.807) is 0 Å². The SMILES string of the molecule is CN1CCCC(Nc2nc(C(=O)O)nc3ccccc23)C1. The number of carboxylic acids is 1. The summed E-state index contributed by atoms with van der Waals surface area (Å²) >= 11 is 0. The molecular weight excluding hydrogens is 268 g/mol. The Bertz CT molecular complexity index is 674. The molecule has 1 fully saturated rings. The summed E-state index contributed by atoms with van der Waals surface area (Å²) in [6, 6.07) is 7.75. The van der Waals surface area contributed by atoms with Crippen molar-refractivity contribution in [1.29, 1.82) is 0 Å². The molecular formula is C15H18N4O2. The maximum Gasteiger partial charge on any atom is 0.374 e. The van der Waals surface area contributed by atoms with Gasteiger partial charge in [0.15, 0.2) is 0 Å². The Labute approximate surface area is 122 Å². The van der Waals surface area contributed by atoms with Gasteiger partial charge in [0, 0.05) is 18.0 Å². The van der Waals surface area contributed by atoms with Crippen molar-refractivity contribution in [3.63, 3.8) is 0 Å². The van der Waals surface area contributed by atoms with Crippen LogP contribution >= 0.6 is 0 Å². The highest BCUT2D eigenvalue weighted by molar-refractivity contribution is 5.93. The van der Waals surface area contributed by atoms with Crippen LogP contribution in [-0.4, -0.2) is 52.1 Å². The summed E-state index contributed by atoms with van der Waals surface area (Å²) in [5.41, 5.74) is 0.650. The lowest BCUT2D eigenvalue weighted by Crippen LogP contribution is -2.40. The fourth-order valence-corrected chi connectivity index (χ4v) is 2.76. The second-order valence-corrected chi connectivity index (χ2v) is 5.46. The van der Waals surface area contributed by atoms with Gasteiger partial charge < -0.3 is 15.3 Å². The van der Waals surface area contributed by atoms with Gasteiger partial charge >= 0.3 is 5.97 Å². The predicted octanol–water partition coefficient (Wildman–Crippen LogP) is 1.83. The average molecular weight is 286 g/mol. The summed E-state index contributed by atoms with van der Waals surface area (Å²) in [5, 5.41) is 13.4. The number of benzene rings is 1. The van der Waals surface area contributed by atoms with Crippen molar-refractivity contribution in [3.8, 4) is 0 Å². The Morgan fingerprint density at radius 2 is 2.19 bits per heavy atom. The van der Waals surface area contributed by atoms with E-state index in [1.807, 2.05) is 24.3 Å². The van der Waals surface area contributed by atoms with Crippen LogP contribution in [0.5, 0.6) is 0 Å². The fourth-order valence-electron chi connectivity index (χ4n) is 2.76. The van der Waals surface area contributed by atoms with E-state index in [-0.39, 0.29) is 11.9 Å². The minimum Gasteiger partial charge on any atom is -0.475 e. The van der Waals surface area contributed by atoms with E-state index < -0.39 is 5.97 Å². The molecule has 0 spiro atoms. The third kappa shape index (κ3) is 2.95. The van der Waals surface area contributed by atoms with Gasteiger partial charge in [0.05, 0.1) is 5.52 Å². The number of nitrogens with zero attached hydrogens (tertiary/aromatic N) is 3. The first kappa shape index (κ1) is 13.8. The molecule has 1 atom stereocenters. The minimum atomic E-state index is -1.11. The summed E-state index contributed by atoms with van der Waals surface area (Å²) in [4.78, 5) is 21.7. The van der Waals surface area contributed by atoms with Crippen molar-refractivity contribution >= 4 is 22.7 Å². The number of hydrogen-bond donors (Lipinski definition) is 2. The second kappa shape index (κ2) is 5.65. The quantitative estimate of drug-likeness (QED) is 0.896. The van der Waals surface area contributed by atoms with Gasteiger partial charge in [0.2, 0.25) is 5.82 Å². The number of aromatic nitrogens is 2. The second-order valence-electron chi connectivity index (χ2n) is 5.46. The first-order chi connectivity index (χ1) is 10.1. The zero-order chi connectivity index (χ0) is 14.8. The number of aromatic carboxylic acids is 1. The molecule has 110 valence electrons. The monoisotopic (exact) mass is 286 g/mol. The number of para-hydroxylation sites is 1. The zero-order valence-electron chi connectivity index (χ0n) is 11.9. The van der Waals surface area contributed by atoms with E-state index in [1.165, 1.54) is 0 Å². The molecule has 21 heavy (non-hydrogen) atoms. The van der Waals surface area contributed by atoms with Crippen LogP contribution < -0.4 is 5.32 Å². The lowest BCUT2D eigenvalue weighted by Gasteiger charge is -2.30. The number of likely N-dealkylation sites (tertiary alicyclic amines) is 1. The molecule has 1 aliphatic heterocycles. The molecule has 2 aromatic rings. The van der Waals surface area contributed by atoms with Crippen molar-refractivity contribution in [2.45, 2.75) is 18.9 Å². The highest BCUT2D eigenvalue weighted by Gasteiger charge is 2.19. The molecule has 1 saturated heterocycles. The molecule has 0 radical (unpaired) electrons. The van der Waals surface area contributed by atoms with Crippen molar-refractivity contribution in [2.24, 2.45) is 0 Å². The van der Waals surface area contributed by atoms with Gasteiger partial charge in [-0.25, -0.2) is 14.8 Å². The molecule has 6 heteroatoms. The molecule has 3 rings (SSSR count). The summed E-state index contributed by atoms with van der Waals surface area (Å²) in [7, 11) is 2.09. The third-order valence-corrected chi connectivity index (χ3v) is 3.76. The Balaban J connectivity index is 1.97. The van der Waals surface area contributed by atoms with E-state index in [0.29, 0.717) is 11.3 Å². The zero-order valence-corrected chi connectivity index (χ0v) is 11.9.